The first-order valence-electron chi connectivity index (χ1n) is 7.08. The van der Waals surface area contributed by atoms with E-state index in [0.29, 0.717) is 18.9 Å². The predicted molar refractivity (Wildman–Crippen MR) is 82.6 cm³/mol. The van der Waals surface area contributed by atoms with Gasteiger partial charge < -0.3 is 11.1 Å². The molecule has 2 rings (SSSR count). The molecule has 1 aromatic heterocycles. The standard InChI is InChI=1S/C15H23N3O.ClH/c1-11-9-17-7-6-13(11)10-18-15(19)8-12-4-2-3-5-14(12)16;/h6-7,9,12,14H,2-5,8,10,16H2,1H3,(H,18,19);1H. The number of nitrogens with zero attached hydrogens (tertiary/aromatic N) is 1. The Morgan fingerprint density at radius 2 is 2.20 bits per heavy atom. The predicted octanol–water partition coefficient (Wildman–Crippen LogP) is 2.34. The molecule has 112 valence electrons. The third-order valence-electron chi connectivity index (χ3n) is 4.03. The van der Waals surface area contributed by atoms with E-state index in [0.717, 1.165) is 24.0 Å². The first kappa shape index (κ1) is 16.9. The second kappa shape index (κ2) is 8.22. The lowest BCUT2D eigenvalue weighted by molar-refractivity contribution is -0.122. The quantitative estimate of drug-likeness (QED) is 0.896. The fourth-order valence-electron chi connectivity index (χ4n) is 2.69. The largest absolute Gasteiger partial charge is 0.352 e. The maximum Gasteiger partial charge on any atom is 0.220 e. The smallest absolute Gasteiger partial charge is 0.220 e. The molecule has 1 heterocycles. The molecule has 2 unspecified atom stereocenters. The van der Waals surface area contributed by atoms with E-state index in [1.807, 2.05) is 19.2 Å². The summed E-state index contributed by atoms with van der Waals surface area (Å²) in [5.74, 6) is 0.464. The molecule has 5 heteroatoms. The van der Waals surface area contributed by atoms with Gasteiger partial charge in [-0.2, -0.15) is 0 Å². The van der Waals surface area contributed by atoms with Gasteiger partial charge in [-0.1, -0.05) is 12.8 Å². The van der Waals surface area contributed by atoms with Crippen LogP contribution in [0.3, 0.4) is 0 Å². The zero-order valence-electron chi connectivity index (χ0n) is 12.0. The van der Waals surface area contributed by atoms with Gasteiger partial charge in [-0.3, -0.25) is 9.78 Å². The Kier molecular flexibility index (Phi) is 6.96. The van der Waals surface area contributed by atoms with Crippen LogP contribution >= 0.6 is 12.4 Å². The molecular formula is C15H24ClN3O. The molecule has 0 aliphatic heterocycles. The molecule has 0 radical (unpaired) electrons. The highest BCUT2D eigenvalue weighted by molar-refractivity contribution is 5.85. The van der Waals surface area contributed by atoms with Gasteiger partial charge in [0.05, 0.1) is 0 Å². The van der Waals surface area contributed by atoms with Crippen molar-refractivity contribution in [1.82, 2.24) is 10.3 Å². The summed E-state index contributed by atoms with van der Waals surface area (Å²) in [7, 11) is 0. The first-order valence-corrected chi connectivity index (χ1v) is 7.08. The molecule has 1 aliphatic rings. The minimum Gasteiger partial charge on any atom is -0.352 e. The minimum absolute atomic E-state index is 0. The highest BCUT2D eigenvalue weighted by atomic mass is 35.5. The molecule has 20 heavy (non-hydrogen) atoms. The normalized spacial score (nSPS) is 21.9. The van der Waals surface area contributed by atoms with Crippen LogP contribution in [0, 0.1) is 12.8 Å². The first-order chi connectivity index (χ1) is 9.16. The van der Waals surface area contributed by atoms with Gasteiger partial charge in [0.25, 0.3) is 0 Å². The summed E-state index contributed by atoms with van der Waals surface area (Å²) in [6.07, 6.45) is 8.68. The molecule has 4 nitrogen and oxygen atoms in total. The van der Waals surface area contributed by atoms with E-state index in [-0.39, 0.29) is 24.4 Å². The number of rotatable bonds is 4. The van der Waals surface area contributed by atoms with Gasteiger partial charge in [0, 0.05) is 31.4 Å². The number of carbonyl (C=O) groups excluding carboxylic acids is 1. The van der Waals surface area contributed by atoms with Crippen LogP contribution in [0.5, 0.6) is 0 Å². The molecule has 1 saturated carbocycles. The zero-order chi connectivity index (χ0) is 13.7. The van der Waals surface area contributed by atoms with E-state index in [2.05, 4.69) is 10.3 Å². The van der Waals surface area contributed by atoms with E-state index in [1.165, 1.54) is 12.8 Å². The van der Waals surface area contributed by atoms with Crippen LogP contribution in [0.2, 0.25) is 0 Å². The van der Waals surface area contributed by atoms with E-state index in [1.54, 1.807) is 6.20 Å². The van der Waals surface area contributed by atoms with Gasteiger partial charge >= 0.3 is 0 Å². The molecule has 3 N–H and O–H groups in total. The summed E-state index contributed by atoms with van der Waals surface area (Å²) >= 11 is 0. The lowest BCUT2D eigenvalue weighted by Crippen LogP contribution is -2.37. The van der Waals surface area contributed by atoms with Crippen molar-refractivity contribution in [3.05, 3.63) is 29.6 Å². The van der Waals surface area contributed by atoms with Crippen LogP contribution in [0.1, 0.15) is 43.2 Å². The van der Waals surface area contributed by atoms with Gasteiger partial charge in [-0.25, -0.2) is 0 Å². The van der Waals surface area contributed by atoms with Gasteiger partial charge in [0.2, 0.25) is 5.91 Å². The Morgan fingerprint density at radius 1 is 1.45 bits per heavy atom. The van der Waals surface area contributed by atoms with E-state index in [9.17, 15) is 4.79 Å². The minimum atomic E-state index is 0. The number of hydrogen-bond donors (Lipinski definition) is 2. The van der Waals surface area contributed by atoms with Gasteiger partial charge in [0.1, 0.15) is 0 Å². The Bertz CT molecular complexity index is 439. The van der Waals surface area contributed by atoms with Crippen molar-refractivity contribution in [2.24, 2.45) is 11.7 Å². The zero-order valence-corrected chi connectivity index (χ0v) is 12.8. The van der Waals surface area contributed by atoms with Gasteiger partial charge in [0.15, 0.2) is 0 Å². The van der Waals surface area contributed by atoms with Crippen molar-refractivity contribution in [2.75, 3.05) is 0 Å². The topological polar surface area (TPSA) is 68.0 Å². The highest BCUT2D eigenvalue weighted by Crippen LogP contribution is 2.25. The number of hydrogen-bond acceptors (Lipinski definition) is 3. The number of halogens is 1. The molecule has 0 aromatic carbocycles. The number of carbonyl (C=O) groups is 1. The molecule has 1 fully saturated rings. The van der Waals surface area contributed by atoms with Crippen molar-refractivity contribution >= 4 is 18.3 Å². The molecule has 1 aliphatic carbocycles. The van der Waals surface area contributed by atoms with Crippen molar-refractivity contribution in [1.29, 1.82) is 0 Å². The van der Waals surface area contributed by atoms with E-state index < -0.39 is 0 Å². The Hall–Kier alpha value is -1.13. The van der Waals surface area contributed by atoms with Crippen molar-refractivity contribution in [3.63, 3.8) is 0 Å². The summed E-state index contributed by atoms with van der Waals surface area (Å²) in [5, 5.41) is 2.99. The fourth-order valence-corrected chi connectivity index (χ4v) is 2.69. The number of nitrogens with two attached hydrogens (primary N) is 1. The third-order valence-corrected chi connectivity index (χ3v) is 4.03. The van der Waals surface area contributed by atoms with Gasteiger partial charge in [-0.05, 0) is 42.9 Å². The summed E-state index contributed by atoms with van der Waals surface area (Å²) < 4.78 is 0. The molecule has 2 atom stereocenters. The molecular weight excluding hydrogens is 274 g/mol. The summed E-state index contributed by atoms with van der Waals surface area (Å²) in [6, 6.07) is 2.14. The van der Waals surface area contributed by atoms with Crippen LogP contribution in [-0.4, -0.2) is 16.9 Å². The Balaban J connectivity index is 0.00000200. The van der Waals surface area contributed by atoms with Crippen LogP contribution in [-0.2, 0) is 11.3 Å². The van der Waals surface area contributed by atoms with Crippen LogP contribution in [0.4, 0.5) is 0 Å². The molecule has 1 amide bonds. The molecule has 1 aromatic rings. The number of aromatic nitrogens is 1. The Labute approximate surface area is 126 Å². The average molecular weight is 298 g/mol. The number of amides is 1. The average Bonchev–Trinajstić information content (AvgIpc) is 2.40. The maximum absolute atomic E-state index is 12.0. The molecule has 0 spiro atoms. The summed E-state index contributed by atoms with van der Waals surface area (Å²) in [6.45, 7) is 2.58. The van der Waals surface area contributed by atoms with E-state index >= 15 is 0 Å². The van der Waals surface area contributed by atoms with Gasteiger partial charge in [-0.15, -0.1) is 12.4 Å². The SMILES string of the molecule is Cc1cnccc1CNC(=O)CC1CCCCC1N.Cl. The summed E-state index contributed by atoms with van der Waals surface area (Å²) in [5.41, 5.74) is 8.30. The Morgan fingerprint density at radius 3 is 2.90 bits per heavy atom. The van der Waals surface area contributed by atoms with E-state index in [4.69, 9.17) is 5.73 Å². The maximum atomic E-state index is 12.0. The van der Waals surface area contributed by atoms with Crippen LogP contribution in [0.15, 0.2) is 18.5 Å². The number of aryl methyl sites for hydroxylation is 1. The number of nitrogens with one attached hydrogen (secondary N) is 1. The monoisotopic (exact) mass is 297 g/mol. The van der Waals surface area contributed by atoms with Crippen LogP contribution < -0.4 is 11.1 Å². The second-order valence-corrected chi connectivity index (χ2v) is 5.49. The van der Waals surface area contributed by atoms with Crippen LogP contribution in [0.25, 0.3) is 0 Å². The lowest BCUT2D eigenvalue weighted by atomic mass is 9.83. The van der Waals surface area contributed by atoms with Crippen molar-refractivity contribution in [2.45, 2.75) is 51.6 Å². The third kappa shape index (κ3) is 4.76. The van der Waals surface area contributed by atoms with Crippen molar-refractivity contribution in [3.8, 4) is 0 Å². The summed E-state index contributed by atoms with van der Waals surface area (Å²) in [4.78, 5) is 16.0. The second-order valence-electron chi connectivity index (χ2n) is 5.49. The highest BCUT2D eigenvalue weighted by Gasteiger charge is 2.23. The van der Waals surface area contributed by atoms with Crippen molar-refractivity contribution < 1.29 is 4.79 Å². The fraction of sp³-hybridized carbons (Fsp3) is 0.600. The number of pyridine rings is 1. The molecule has 0 saturated heterocycles. The lowest BCUT2D eigenvalue weighted by Gasteiger charge is -2.28. The molecule has 0 bridgehead atoms.